The summed E-state index contributed by atoms with van der Waals surface area (Å²) in [4.78, 5) is 7.46. The summed E-state index contributed by atoms with van der Waals surface area (Å²) in [5, 5.41) is 7.09. The van der Waals surface area contributed by atoms with Crippen LogP contribution in [-0.4, -0.2) is 49.6 Å². The molecule has 1 atom stereocenters. The number of hydrogen-bond donors (Lipinski definition) is 2. The fourth-order valence-electron chi connectivity index (χ4n) is 3.72. The highest BCUT2D eigenvalue weighted by Gasteiger charge is 2.22. The molecular weight excluding hydrogens is 272 g/mol. The lowest BCUT2D eigenvalue weighted by atomic mass is 9.87. The molecule has 0 aromatic heterocycles. The molecule has 1 saturated heterocycles. The molecule has 0 amide bonds. The molecule has 1 heterocycles. The van der Waals surface area contributed by atoms with E-state index in [2.05, 4.69) is 36.3 Å². The number of aliphatic imine (C=N–C) groups is 1. The largest absolute Gasteiger partial charge is 0.357 e. The van der Waals surface area contributed by atoms with E-state index in [0.29, 0.717) is 6.04 Å². The van der Waals surface area contributed by atoms with Crippen LogP contribution in [0.15, 0.2) is 4.99 Å². The predicted octanol–water partition coefficient (Wildman–Crippen LogP) is 2.85. The van der Waals surface area contributed by atoms with Gasteiger partial charge in [0.15, 0.2) is 5.96 Å². The monoisotopic (exact) mass is 308 g/mol. The molecule has 2 rings (SSSR count). The van der Waals surface area contributed by atoms with Crippen LogP contribution in [0.5, 0.6) is 0 Å². The van der Waals surface area contributed by atoms with E-state index in [1.807, 2.05) is 0 Å². The maximum Gasteiger partial charge on any atom is 0.191 e. The van der Waals surface area contributed by atoms with E-state index in [4.69, 9.17) is 4.99 Å². The average molecular weight is 309 g/mol. The maximum atomic E-state index is 4.87. The molecule has 4 heteroatoms. The van der Waals surface area contributed by atoms with Gasteiger partial charge in [0, 0.05) is 25.7 Å². The fourth-order valence-corrected chi connectivity index (χ4v) is 3.72. The highest BCUT2D eigenvalue weighted by Crippen LogP contribution is 2.23. The highest BCUT2D eigenvalue weighted by molar-refractivity contribution is 5.80. The van der Waals surface area contributed by atoms with Gasteiger partial charge >= 0.3 is 0 Å². The molecule has 1 aliphatic carbocycles. The smallest absolute Gasteiger partial charge is 0.191 e. The molecule has 1 saturated carbocycles. The molecule has 2 fully saturated rings. The van der Waals surface area contributed by atoms with Crippen LogP contribution in [0.3, 0.4) is 0 Å². The Morgan fingerprint density at radius 3 is 2.59 bits per heavy atom. The number of hydrogen-bond acceptors (Lipinski definition) is 2. The Morgan fingerprint density at radius 1 is 1.14 bits per heavy atom. The van der Waals surface area contributed by atoms with Crippen molar-refractivity contribution in [3.05, 3.63) is 0 Å². The van der Waals surface area contributed by atoms with E-state index in [0.717, 1.165) is 30.9 Å². The molecule has 128 valence electrons. The first-order chi connectivity index (χ1) is 10.7. The molecule has 0 aromatic carbocycles. The summed E-state index contributed by atoms with van der Waals surface area (Å²) >= 11 is 0. The molecule has 0 spiro atoms. The lowest BCUT2D eigenvalue weighted by Gasteiger charge is -2.28. The standard InChI is InChI=1S/C18H36N4/c1-4-11-22-12-10-16(14-22)13-20-18(19-5-2)21-17-8-6-15(3)7-9-17/h15-17H,4-14H2,1-3H3,(H2,19,20,21). The van der Waals surface area contributed by atoms with Crippen molar-refractivity contribution in [3.63, 3.8) is 0 Å². The molecule has 2 N–H and O–H groups in total. The number of nitrogens with one attached hydrogen (secondary N) is 2. The number of likely N-dealkylation sites (tertiary alicyclic amines) is 1. The summed E-state index contributed by atoms with van der Waals surface area (Å²) in [6.07, 6.45) is 7.86. The van der Waals surface area contributed by atoms with Crippen LogP contribution in [0.1, 0.15) is 59.3 Å². The van der Waals surface area contributed by atoms with Gasteiger partial charge in [0.05, 0.1) is 0 Å². The minimum absolute atomic E-state index is 0.620. The van der Waals surface area contributed by atoms with Crippen molar-refractivity contribution < 1.29 is 0 Å². The molecule has 4 nitrogen and oxygen atoms in total. The van der Waals surface area contributed by atoms with Gasteiger partial charge in [-0.15, -0.1) is 0 Å². The molecule has 0 bridgehead atoms. The Labute approximate surface area is 137 Å². The predicted molar refractivity (Wildman–Crippen MR) is 95.4 cm³/mol. The van der Waals surface area contributed by atoms with E-state index in [9.17, 15) is 0 Å². The molecular formula is C18H36N4. The quantitative estimate of drug-likeness (QED) is 0.585. The van der Waals surface area contributed by atoms with Gasteiger partial charge < -0.3 is 15.5 Å². The molecule has 0 aromatic rings. The van der Waals surface area contributed by atoms with E-state index in [1.54, 1.807) is 0 Å². The van der Waals surface area contributed by atoms with Crippen molar-refractivity contribution in [2.24, 2.45) is 16.8 Å². The summed E-state index contributed by atoms with van der Waals surface area (Å²) in [7, 11) is 0. The van der Waals surface area contributed by atoms with Crippen molar-refractivity contribution in [1.29, 1.82) is 0 Å². The summed E-state index contributed by atoms with van der Waals surface area (Å²) in [6, 6.07) is 0.620. The van der Waals surface area contributed by atoms with Crippen molar-refractivity contribution in [1.82, 2.24) is 15.5 Å². The third-order valence-electron chi connectivity index (χ3n) is 5.12. The third kappa shape index (κ3) is 5.79. The third-order valence-corrected chi connectivity index (χ3v) is 5.12. The summed E-state index contributed by atoms with van der Waals surface area (Å²) in [5.41, 5.74) is 0. The van der Waals surface area contributed by atoms with Crippen molar-refractivity contribution in [2.45, 2.75) is 65.3 Å². The minimum atomic E-state index is 0.620. The lowest BCUT2D eigenvalue weighted by molar-refractivity contribution is 0.325. The number of nitrogens with zero attached hydrogens (tertiary/aromatic N) is 2. The summed E-state index contributed by atoms with van der Waals surface area (Å²) < 4.78 is 0. The second-order valence-electron chi connectivity index (χ2n) is 7.28. The van der Waals surface area contributed by atoms with Crippen LogP contribution in [0.25, 0.3) is 0 Å². The fraction of sp³-hybridized carbons (Fsp3) is 0.944. The topological polar surface area (TPSA) is 39.7 Å². The van der Waals surface area contributed by atoms with Gasteiger partial charge in [-0.1, -0.05) is 13.8 Å². The summed E-state index contributed by atoms with van der Waals surface area (Å²) in [6.45, 7) is 12.5. The van der Waals surface area contributed by atoms with E-state index in [1.165, 1.54) is 58.2 Å². The van der Waals surface area contributed by atoms with Crippen LogP contribution in [0.2, 0.25) is 0 Å². The Morgan fingerprint density at radius 2 is 1.91 bits per heavy atom. The van der Waals surface area contributed by atoms with Gasteiger partial charge in [-0.2, -0.15) is 0 Å². The summed E-state index contributed by atoms with van der Waals surface area (Å²) in [5.74, 6) is 2.69. The Kier molecular flexibility index (Phi) is 7.50. The number of guanidine groups is 1. The SMILES string of the molecule is CCCN1CCC(CN=C(NCC)NC2CCC(C)CC2)C1. The van der Waals surface area contributed by atoms with Crippen molar-refractivity contribution in [2.75, 3.05) is 32.7 Å². The van der Waals surface area contributed by atoms with E-state index >= 15 is 0 Å². The zero-order chi connectivity index (χ0) is 15.8. The molecule has 22 heavy (non-hydrogen) atoms. The Balaban J connectivity index is 1.77. The zero-order valence-electron chi connectivity index (χ0n) is 14.9. The van der Waals surface area contributed by atoms with Crippen LogP contribution >= 0.6 is 0 Å². The molecule has 1 aliphatic heterocycles. The van der Waals surface area contributed by atoms with E-state index < -0.39 is 0 Å². The minimum Gasteiger partial charge on any atom is -0.357 e. The van der Waals surface area contributed by atoms with Gasteiger partial charge in [0.1, 0.15) is 0 Å². The van der Waals surface area contributed by atoms with Crippen molar-refractivity contribution >= 4 is 5.96 Å². The Hall–Kier alpha value is -0.770. The highest BCUT2D eigenvalue weighted by atomic mass is 15.2. The van der Waals surface area contributed by atoms with Gasteiger partial charge in [0.25, 0.3) is 0 Å². The van der Waals surface area contributed by atoms with Crippen LogP contribution in [0, 0.1) is 11.8 Å². The lowest BCUT2D eigenvalue weighted by Crippen LogP contribution is -2.45. The van der Waals surface area contributed by atoms with Crippen LogP contribution < -0.4 is 10.6 Å². The first-order valence-corrected chi connectivity index (χ1v) is 9.48. The normalized spacial score (nSPS) is 30.5. The van der Waals surface area contributed by atoms with E-state index in [-0.39, 0.29) is 0 Å². The van der Waals surface area contributed by atoms with Gasteiger partial charge in [-0.3, -0.25) is 4.99 Å². The maximum absolute atomic E-state index is 4.87. The first-order valence-electron chi connectivity index (χ1n) is 9.48. The molecule has 2 aliphatic rings. The van der Waals surface area contributed by atoms with Crippen LogP contribution in [-0.2, 0) is 0 Å². The van der Waals surface area contributed by atoms with Gasteiger partial charge in [-0.25, -0.2) is 0 Å². The van der Waals surface area contributed by atoms with Gasteiger partial charge in [0.2, 0.25) is 0 Å². The molecule has 0 radical (unpaired) electrons. The van der Waals surface area contributed by atoms with Crippen molar-refractivity contribution in [3.8, 4) is 0 Å². The molecule has 1 unspecified atom stereocenters. The van der Waals surface area contributed by atoms with Gasteiger partial charge in [-0.05, 0) is 70.4 Å². The van der Waals surface area contributed by atoms with Crippen LogP contribution in [0.4, 0.5) is 0 Å². The second-order valence-corrected chi connectivity index (χ2v) is 7.28. The number of rotatable bonds is 6. The first kappa shape index (κ1) is 17.6. The zero-order valence-corrected chi connectivity index (χ0v) is 14.9. The second kappa shape index (κ2) is 9.39. The average Bonchev–Trinajstić information content (AvgIpc) is 2.95. The Bertz CT molecular complexity index is 334.